The highest BCUT2D eigenvalue weighted by Crippen LogP contribution is 2.45. The molecule has 296 valence electrons. The van der Waals surface area contributed by atoms with Gasteiger partial charge in [0.2, 0.25) is 11.8 Å². The number of benzene rings is 2. The van der Waals surface area contributed by atoms with Gasteiger partial charge >= 0.3 is 0 Å². The van der Waals surface area contributed by atoms with Gasteiger partial charge in [0.05, 0.1) is 25.2 Å². The number of rotatable bonds is 10. The molecule has 4 aromatic rings. The summed E-state index contributed by atoms with van der Waals surface area (Å²) in [7, 11) is 3.41. The third-order valence-corrected chi connectivity index (χ3v) is 13.5. The van der Waals surface area contributed by atoms with Crippen molar-refractivity contribution in [3.63, 3.8) is 0 Å². The lowest BCUT2D eigenvalue weighted by molar-refractivity contribution is -0.136. The van der Waals surface area contributed by atoms with Crippen LogP contribution in [0.15, 0.2) is 53.6 Å². The van der Waals surface area contributed by atoms with E-state index in [2.05, 4.69) is 54.2 Å². The molecule has 1 aliphatic carbocycles. The molecule has 1 spiro atoms. The summed E-state index contributed by atoms with van der Waals surface area (Å²) in [6.45, 7) is 8.54. The number of fused-ring (bicyclic) bond motifs is 2. The molecule has 0 radical (unpaired) electrons. The number of piperidine rings is 2. The Bertz CT molecular complexity index is 2330. The third-order valence-electron chi connectivity index (χ3n) is 13.5. The van der Waals surface area contributed by atoms with Gasteiger partial charge in [0.25, 0.3) is 11.5 Å². The number of amides is 3. The van der Waals surface area contributed by atoms with Gasteiger partial charge in [-0.3, -0.25) is 34.4 Å². The van der Waals surface area contributed by atoms with Crippen molar-refractivity contribution in [1.82, 2.24) is 30.0 Å². The van der Waals surface area contributed by atoms with E-state index in [4.69, 9.17) is 9.47 Å². The average Bonchev–Trinajstić information content (AvgIpc) is 4.00. The number of methoxy groups -OCH3 is 2. The number of aromatic nitrogens is 2. The number of aromatic amines is 1. The quantitative estimate of drug-likeness (QED) is 0.225. The van der Waals surface area contributed by atoms with E-state index < -0.39 is 6.04 Å². The zero-order chi connectivity index (χ0) is 39.0. The second kappa shape index (κ2) is 14.0. The molecule has 1 atom stereocenters. The molecule has 1 unspecified atom stereocenters. The number of nitrogens with one attached hydrogen (secondary N) is 2. The number of carbonyl (C=O) groups is 3. The maximum atomic E-state index is 13.4. The Balaban J connectivity index is 0.726. The number of hydrogen-bond donors (Lipinski definition) is 2. The molecule has 5 fully saturated rings. The van der Waals surface area contributed by atoms with Gasteiger partial charge in [0, 0.05) is 98.5 Å². The van der Waals surface area contributed by atoms with Crippen LogP contribution in [0.2, 0.25) is 0 Å². The van der Waals surface area contributed by atoms with Crippen LogP contribution in [0.3, 0.4) is 0 Å². The number of H-pyrrole nitrogens is 1. The SMILES string of the molecule is COc1cc(-c2c[nH]c(=O)c3cnc(C4CC4)cc23)cc(OC)c1CN1CC(CN2CCC3(CC2)CN(c2ccc4c(c2)C(=O)N(C2CCC(=O)NC2=O)C4)C3)C1. The van der Waals surface area contributed by atoms with E-state index in [9.17, 15) is 19.2 Å². The molecule has 13 nitrogen and oxygen atoms in total. The minimum absolute atomic E-state index is 0.118. The second-order valence-electron chi connectivity index (χ2n) is 17.3. The molecule has 7 heterocycles. The van der Waals surface area contributed by atoms with Gasteiger partial charge in [0.1, 0.15) is 17.5 Å². The number of carbonyl (C=O) groups excluding carboxylic acids is 3. The Morgan fingerprint density at radius 2 is 1.63 bits per heavy atom. The number of nitrogens with zero attached hydrogens (tertiary/aromatic N) is 5. The Morgan fingerprint density at radius 3 is 2.33 bits per heavy atom. The first-order valence-corrected chi connectivity index (χ1v) is 20.4. The molecule has 13 heteroatoms. The van der Waals surface area contributed by atoms with E-state index in [0.29, 0.717) is 41.2 Å². The predicted octanol–water partition coefficient (Wildman–Crippen LogP) is 4.28. The van der Waals surface area contributed by atoms with Gasteiger partial charge in [-0.05, 0) is 98.0 Å². The predicted molar refractivity (Wildman–Crippen MR) is 214 cm³/mol. The number of imide groups is 1. The molecule has 0 bridgehead atoms. The Kier molecular flexibility index (Phi) is 8.85. The summed E-state index contributed by atoms with van der Waals surface area (Å²) >= 11 is 0. The lowest BCUT2D eigenvalue weighted by atomic mass is 9.71. The molecule has 4 saturated heterocycles. The van der Waals surface area contributed by atoms with Crippen LogP contribution in [-0.4, -0.2) is 108 Å². The summed E-state index contributed by atoms with van der Waals surface area (Å²) in [4.78, 5) is 66.8. The van der Waals surface area contributed by atoms with Crippen LogP contribution in [0.1, 0.15) is 71.6 Å². The van der Waals surface area contributed by atoms with E-state index in [0.717, 1.165) is 116 Å². The van der Waals surface area contributed by atoms with Crippen molar-refractivity contribution in [2.75, 3.05) is 64.9 Å². The minimum atomic E-state index is -0.591. The first-order valence-electron chi connectivity index (χ1n) is 20.4. The number of ether oxygens (including phenoxy) is 2. The van der Waals surface area contributed by atoms with Crippen molar-refractivity contribution < 1.29 is 23.9 Å². The highest BCUT2D eigenvalue weighted by molar-refractivity contribution is 6.05. The summed E-state index contributed by atoms with van der Waals surface area (Å²) in [5.41, 5.74) is 6.81. The fraction of sp³-hybridized carbons (Fsp3) is 0.477. The van der Waals surface area contributed by atoms with Gasteiger partial charge in [-0.1, -0.05) is 6.07 Å². The van der Waals surface area contributed by atoms with Crippen LogP contribution in [-0.2, 0) is 22.7 Å². The molecular weight excluding hydrogens is 723 g/mol. The van der Waals surface area contributed by atoms with Crippen molar-refractivity contribution in [3.8, 4) is 22.6 Å². The molecular formula is C44H49N7O6. The van der Waals surface area contributed by atoms with Crippen molar-refractivity contribution in [1.29, 1.82) is 0 Å². The summed E-state index contributed by atoms with van der Waals surface area (Å²) < 4.78 is 11.9. The number of pyridine rings is 2. The van der Waals surface area contributed by atoms with Gasteiger partial charge in [-0.2, -0.15) is 0 Å². The highest BCUT2D eigenvalue weighted by Gasteiger charge is 2.46. The fourth-order valence-corrected chi connectivity index (χ4v) is 10.0. The van der Waals surface area contributed by atoms with Crippen LogP contribution < -0.4 is 25.2 Å². The fourth-order valence-electron chi connectivity index (χ4n) is 10.0. The standard InChI is InChI=1S/C44H49N7O6/c1-56-38-13-29(33-17-46-41(53)34-18-45-36(16-32(33)34)27-3-4-27)14-39(57-2)35(38)23-49-20-26(21-49)19-48-11-9-44(10-12-48)24-50(25-44)30-6-5-28-22-51(43(55)31(28)15-30)37-7-8-40(52)47-42(37)54/h5-6,13-18,26-27,37H,3-4,7-12,19-25H2,1-2H3,(H,46,53)(H,47,52,54). The maximum absolute atomic E-state index is 13.4. The van der Waals surface area contributed by atoms with Gasteiger partial charge < -0.3 is 29.2 Å². The smallest absolute Gasteiger partial charge is 0.257 e. The zero-order valence-corrected chi connectivity index (χ0v) is 32.6. The molecule has 6 aliphatic rings. The molecule has 3 amide bonds. The maximum Gasteiger partial charge on any atom is 0.257 e. The van der Waals surface area contributed by atoms with Gasteiger partial charge in [-0.15, -0.1) is 0 Å². The van der Waals surface area contributed by atoms with Crippen LogP contribution in [0.5, 0.6) is 11.5 Å². The van der Waals surface area contributed by atoms with Crippen molar-refractivity contribution in [2.45, 2.75) is 63.6 Å². The monoisotopic (exact) mass is 771 g/mol. The highest BCUT2D eigenvalue weighted by atomic mass is 16.5. The van der Waals surface area contributed by atoms with E-state index in [1.807, 2.05) is 12.1 Å². The second-order valence-corrected chi connectivity index (χ2v) is 17.3. The van der Waals surface area contributed by atoms with Gasteiger partial charge in [0.15, 0.2) is 0 Å². The van der Waals surface area contributed by atoms with Crippen molar-refractivity contribution in [2.24, 2.45) is 11.3 Å². The number of anilines is 1. The molecule has 57 heavy (non-hydrogen) atoms. The van der Waals surface area contributed by atoms with Crippen molar-refractivity contribution in [3.05, 3.63) is 81.5 Å². The Labute approximate surface area is 331 Å². The van der Waals surface area contributed by atoms with Crippen LogP contribution >= 0.6 is 0 Å². The molecule has 1 saturated carbocycles. The van der Waals surface area contributed by atoms with E-state index in [1.54, 1.807) is 31.5 Å². The summed E-state index contributed by atoms with van der Waals surface area (Å²) in [6, 6.07) is 11.8. The normalized spacial score (nSPS) is 22.4. The molecule has 10 rings (SSSR count). The molecule has 2 N–H and O–H groups in total. The van der Waals surface area contributed by atoms with Crippen molar-refractivity contribution >= 4 is 34.2 Å². The molecule has 5 aliphatic heterocycles. The Morgan fingerprint density at radius 1 is 0.877 bits per heavy atom. The van der Waals surface area contributed by atoms with Crippen LogP contribution in [0.4, 0.5) is 5.69 Å². The Hall–Kier alpha value is -5.27. The summed E-state index contributed by atoms with van der Waals surface area (Å²) in [6.07, 6.45) is 8.77. The summed E-state index contributed by atoms with van der Waals surface area (Å²) in [5, 5.41) is 3.87. The summed E-state index contributed by atoms with van der Waals surface area (Å²) in [5.74, 6) is 1.90. The van der Waals surface area contributed by atoms with E-state index in [-0.39, 0.29) is 29.7 Å². The zero-order valence-electron chi connectivity index (χ0n) is 32.6. The minimum Gasteiger partial charge on any atom is -0.496 e. The third kappa shape index (κ3) is 6.54. The largest absolute Gasteiger partial charge is 0.496 e. The van der Waals surface area contributed by atoms with E-state index >= 15 is 0 Å². The van der Waals surface area contributed by atoms with Crippen LogP contribution in [0.25, 0.3) is 21.9 Å². The molecule has 2 aromatic carbocycles. The first-order chi connectivity index (χ1) is 27.7. The first kappa shape index (κ1) is 36.1. The number of hydrogen-bond acceptors (Lipinski definition) is 10. The molecule has 2 aromatic heterocycles. The van der Waals surface area contributed by atoms with Gasteiger partial charge in [-0.25, -0.2) is 0 Å². The lowest BCUT2D eigenvalue weighted by Gasteiger charge is -2.55. The lowest BCUT2D eigenvalue weighted by Crippen LogP contribution is -2.61. The van der Waals surface area contributed by atoms with E-state index in [1.165, 1.54) is 12.8 Å². The number of likely N-dealkylation sites (tertiary alicyclic amines) is 2. The van der Waals surface area contributed by atoms with Crippen LogP contribution in [0, 0.1) is 11.3 Å². The topological polar surface area (TPSA) is 140 Å². The average molecular weight is 772 g/mol.